The predicted octanol–water partition coefficient (Wildman–Crippen LogP) is 2.34. The van der Waals surface area contributed by atoms with Crippen molar-refractivity contribution in [3.05, 3.63) is 28.0 Å². The minimum atomic E-state index is -0.337. The minimum Gasteiger partial charge on any atom is -0.376 e. The SMILES string of the molecule is Cc1cc(F)c(Br)cc1NCC(=O)NCCC#N. The molecule has 4 nitrogen and oxygen atoms in total. The van der Waals surface area contributed by atoms with Crippen LogP contribution in [0.25, 0.3) is 0 Å². The van der Waals surface area contributed by atoms with E-state index < -0.39 is 0 Å². The second-order valence-electron chi connectivity index (χ2n) is 3.69. The van der Waals surface area contributed by atoms with Crippen LogP contribution in [0.2, 0.25) is 0 Å². The molecule has 0 aliphatic heterocycles. The van der Waals surface area contributed by atoms with Crippen LogP contribution in [0, 0.1) is 24.1 Å². The van der Waals surface area contributed by atoms with E-state index in [1.165, 1.54) is 6.07 Å². The third-order valence-electron chi connectivity index (χ3n) is 2.27. The number of carbonyl (C=O) groups is 1. The average molecular weight is 314 g/mol. The van der Waals surface area contributed by atoms with E-state index in [0.717, 1.165) is 5.56 Å². The first kappa shape index (κ1) is 14.5. The van der Waals surface area contributed by atoms with Crippen LogP contribution in [-0.4, -0.2) is 19.0 Å². The van der Waals surface area contributed by atoms with Crippen LogP contribution in [0.15, 0.2) is 16.6 Å². The molecule has 0 saturated heterocycles. The molecule has 0 aliphatic carbocycles. The van der Waals surface area contributed by atoms with E-state index in [1.807, 2.05) is 6.07 Å². The summed E-state index contributed by atoms with van der Waals surface area (Å²) in [6, 6.07) is 4.92. The molecule has 1 aromatic carbocycles. The van der Waals surface area contributed by atoms with Crippen molar-refractivity contribution < 1.29 is 9.18 Å². The van der Waals surface area contributed by atoms with Crippen molar-refractivity contribution in [2.45, 2.75) is 13.3 Å². The minimum absolute atomic E-state index is 0.0876. The van der Waals surface area contributed by atoms with E-state index in [0.29, 0.717) is 16.7 Å². The molecule has 0 spiro atoms. The first-order valence-electron chi connectivity index (χ1n) is 5.37. The summed E-state index contributed by atoms with van der Waals surface area (Å²) in [4.78, 5) is 11.4. The molecule has 1 aromatic rings. The summed E-state index contributed by atoms with van der Waals surface area (Å²) in [5, 5.41) is 13.8. The number of hydrogen-bond acceptors (Lipinski definition) is 3. The molecule has 1 amide bonds. The molecular formula is C12H13BrFN3O. The standard InChI is InChI=1S/C12H13BrFN3O/c1-8-5-10(14)9(13)6-11(8)17-7-12(18)16-4-2-3-15/h5-6,17H,2,4,7H2,1H3,(H,16,18). The van der Waals surface area contributed by atoms with Crippen molar-refractivity contribution in [2.75, 3.05) is 18.4 Å². The Bertz CT molecular complexity index is 485. The summed E-state index contributed by atoms with van der Waals surface area (Å²) < 4.78 is 13.5. The highest BCUT2D eigenvalue weighted by Gasteiger charge is 2.06. The summed E-state index contributed by atoms with van der Waals surface area (Å²) in [6.45, 7) is 2.18. The number of hydrogen-bond donors (Lipinski definition) is 2. The van der Waals surface area contributed by atoms with E-state index in [2.05, 4.69) is 26.6 Å². The Morgan fingerprint density at radius 3 is 2.94 bits per heavy atom. The molecule has 0 bridgehead atoms. The Labute approximate surface area is 113 Å². The number of amides is 1. The number of aryl methyl sites for hydroxylation is 1. The maximum atomic E-state index is 13.2. The number of nitriles is 1. The predicted molar refractivity (Wildman–Crippen MR) is 70.6 cm³/mol. The molecule has 96 valence electrons. The number of benzene rings is 1. The van der Waals surface area contributed by atoms with Crippen LogP contribution in [0.1, 0.15) is 12.0 Å². The van der Waals surface area contributed by atoms with E-state index in [9.17, 15) is 9.18 Å². The van der Waals surface area contributed by atoms with Crippen LogP contribution < -0.4 is 10.6 Å². The van der Waals surface area contributed by atoms with Gasteiger partial charge in [0.2, 0.25) is 5.91 Å². The van der Waals surface area contributed by atoms with Crippen LogP contribution in [-0.2, 0) is 4.79 Å². The van der Waals surface area contributed by atoms with E-state index in [1.54, 1.807) is 13.0 Å². The molecular weight excluding hydrogens is 301 g/mol. The zero-order valence-electron chi connectivity index (χ0n) is 9.89. The zero-order chi connectivity index (χ0) is 13.5. The monoisotopic (exact) mass is 313 g/mol. The van der Waals surface area contributed by atoms with Crippen molar-refractivity contribution in [1.29, 1.82) is 5.26 Å². The molecule has 0 atom stereocenters. The van der Waals surface area contributed by atoms with E-state index in [4.69, 9.17) is 5.26 Å². The molecule has 0 fully saturated rings. The summed E-state index contributed by atoms with van der Waals surface area (Å²) in [5.41, 5.74) is 1.42. The van der Waals surface area contributed by atoms with Gasteiger partial charge in [-0.1, -0.05) is 0 Å². The van der Waals surface area contributed by atoms with Gasteiger partial charge in [-0.15, -0.1) is 0 Å². The summed E-state index contributed by atoms with van der Waals surface area (Å²) >= 11 is 3.09. The van der Waals surface area contributed by atoms with E-state index >= 15 is 0 Å². The quantitative estimate of drug-likeness (QED) is 0.820. The first-order chi connectivity index (χ1) is 8.54. The molecule has 0 radical (unpaired) electrons. The molecule has 0 heterocycles. The third kappa shape index (κ3) is 4.34. The number of nitrogens with zero attached hydrogens (tertiary/aromatic N) is 1. The van der Waals surface area contributed by atoms with Gasteiger partial charge in [0.05, 0.1) is 23.5 Å². The molecule has 1 rings (SSSR count). The van der Waals surface area contributed by atoms with Crippen molar-refractivity contribution in [2.24, 2.45) is 0 Å². The lowest BCUT2D eigenvalue weighted by atomic mass is 10.2. The van der Waals surface area contributed by atoms with Gasteiger partial charge in [0.1, 0.15) is 5.82 Å². The maximum absolute atomic E-state index is 13.2. The summed E-state index contributed by atoms with van der Waals surface area (Å²) in [6.07, 6.45) is 0.285. The number of nitrogens with one attached hydrogen (secondary N) is 2. The van der Waals surface area contributed by atoms with Gasteiger partial charge in [-0.3, -0.25) is 4.79 Å². The Balaban J connectivity index is 2.51. The lowest BCUT2D eigenvalue weighted by Gasteiger charge is -2.10. The van der Waals surface area contributed by atoms with Gasteiger partial charge < -0.3 is 10.6 Å². The van der Waals surface area contributed by atoms with Gasteiger partial charge >= 0.3 is 0 Å². The van der Waals surface area contributed by atoms with Crippen molar-refractivity contribution in [3.8, 4) is 6.07 Å². The van der Waals surface area contributed by atoms with Crippen molar-refractivity contribution >= 4 is 27.5 Å². The smallest absolute Gasteiger partial charge is 0.239 e. The van der Waals surface area contributed by atoms with Crippen molar-refractivity contribution in [1.82, 2.24) is 5.32 Å². The van der Waals surface area contributed by atoms with Crippen molar-refractivity contribution in [3.63, 3.8) is 0 Å². The number of halogens is 2. The fourth-order valence-corrected chi connectivity index (χ4v) is 1.68. The number of carbonyl (C=O) groups excluding carboxylic acids is 1. The van der Waals surface area contributed by atoms with Crippen LogP contribution in [0.3, 0.4) is 0 Å². The lowest BCUT2D eigenvalue weighted by Crippen LogP contribution is -2.30. The molecule has 0 aliphatic rings. The maximum Gasteiger partial charge on any atom is 0.239 e. The van der Waals surface area contributed by atoms with Gasteiger partial charge in [0.25, 0.3) is 0 Å². The van der Waals surface area contributed by atoms with Crippen LogP contribution in [0.5, 0.6) is 0 Å². The van der Waals surface area contributed by atoms with Gasteiger partial charge in [-0.05, 0) is 40.5 Å². The Morgan fingerprint density at radius 1 is 1.56 bits per heavy atom. The summed E-state index contributed by atoms with van der Waals surface area (Å²) in [5.74, 6) is -0.540. The highest BCUT2D eigenvalue weighted by Crippen LogP contribution is 2.23. The fraction of sp³-hybridized carbons (Fsp3) is 0.333. The summed E-state index contributed by atoms with van der Waals surface area (Å²) in [7, 11) is 0. The second kappa shape index (κ2) is 6.97. The van der Waals surface area contributed by atoms with Crippen LogP contribution in [0.4, 0.5) is 10.1 Å². The van der Waals surface area contributed by atoms with Gasteiger partial charge in [-0.2, -0.15) is 5.26 Å². The van der Waals surface area contributed by atoms with E-state index in [-0.39, 0.29) is 24.7 Å². The molecule has 2 N–H and O–H groups in total. The molecule has 18 heavy (non-hydrogen) atoms. The topological polar surface area (TPSA) is 64.9 Å². The highest BCUT2D eigenvalue weighted by molar-refractivity contribution is 9.10. The number of anilines is 1. The lowest BCUT2D eigenvalue weighted by molar-refractivity contribution is -0.119. The zero-order valence-corrected chi connectivity index (χ0v) is 11.5. The average Bonchev–Trinajstić information content (AvgIpc) is 2.32. The largest absolute Gasteiger partial charge is 0.376 e. The Kier molecular flexibility index (Phi) is 5.59. The van der Waals surface area contributed by atoms with Crippen LogP contribution >= 0.6 is 15.9 Å². The molecule has 0 unspecified atom stereocenters. The molecule has 6 heteroatoms. The Morgan fingerprint density at radius 2 is 2.28 bits per heavy atom. The van der Waals surface area contributed by atoms with Gasteiger partial charge in [-0.25, -0.2) is 4.39 Å². The first-order valence-corrected chi connectivity index (χ1v) is 6.17. The third-order valence-corrected chi connectivity index (χ3v) is 2.87. The molecule has 0 aromatic heterocycles. The Hall–Kier alpha value is -1.61. The fourth-order valence-electron chi connectivity index (χ4n) is 1.33. The van der Waals surface area contributed by atoms with Gasteiger partial charge in [0, 0.05) is 12.2 Å². The van der Waals surface area contributed by atoms with Gasteiger partial charge in [0.15, 0.2) is 0 Å². The second-order valence-corrected chi connectivity index (χ2v) is 4.55. The molecule has 0 saturated carbocycles. The number of rotatable bonds is 5. The highest BCUT2D eigenvalue weighted by atomic mass is 79.9. The normalized spacial score (nSPS) is 9.67.